The maximum Gasteiger partial charge on any atom is 0.124 e. The molecule has 0 bridgehead atoms. The number of hydrogen-bond donors (Lipinski definition) is 0. The minimum absolute atomic E-state index is 0. The number of fused-ring (bicyclic) bond motifs is 10. The molecule has 1 radical (unpaired) electrons. The van der Waals surface area contributed by atoms with E-state index in [1.54, 1.807) is 44.5 Å². The van der Waals surface area contributed by atoms with E-state index in [0.29, 0.717) is 10.9 Å². The zero-order valence-corrected chi connectivity index (χ0v) is 27.6. The second kappa shape index (κ2) is 12.2. The van der Waals surface area contributed by atoms with Gasteiger partial charge >= 0.3 is 0 Å². The van der Waals surface area contributed by atoms with E-state index < -0.39 is 18.6 Å². The van der Waals surface area contributed by atoms with E-state index in [2.05, 4.69) is 33.2 Å². The first kappa shape index (κ1) is 24.3. The van der Waals surface area contributed by atoms with E-state index in [-0.39, 0.29) is 31.2 Å². The Hall–Kier alpha value is -4.02. The van der Waals surface area contributed by atoms with Crippen molar-refractivity contribution in [2.75, 3.05) is 0 Å². The van der Waals surface area contributed by atoms with Gasteiger partial charge < -0.3 is 9.97 Å². The predicted octanol–water partition coefficient (Wildman–Crippen LogP) is 10.5. The van der Waals surface area contributed by atoms with Gasteiger partial charge in [-0.15, -0.1) is 76.9 Å². The molecule has 0 atom stereocenters. The third-order valence-corrected chi connectivity index (χ3v) is 8.43. The van der Waals surface area contributed by atoms with Crippen LogP contribution in [-0.4, -0.2) is 15.0 Å². The number of aromatic nitrogens is 3. The van der Waals surface area contributed by atoms with Crippen molar-refractivity contribution in [3.8, 4) is 11.3 Å². The molecule has 4 aromatic heterocycles. The van der Waals surface area contributed by atoms with Crippen molar-refractivity contribution in [2.24, 2.45) is 5.41 Å². The molecule has 5 heteroatoms. The van der Waals surface area contributed by atoms with E-state index >= 15 is 0 Å². The van der Waals surface area contributed by atoms with Crippen LogP contribution in [0.5, 0.6) is 0 Å². The fourth-order valence-corrected chi connectivity index (χ4v) is 6.73. The molecule has 0 spiro atoms. The van der Waals surface area contributed by atoms with Gasteiger partial charge in [0.1, 0.15) is 4.83 Å². The minimum Gasteiger partial charge on any atom is -0.305 e. The van der Waals surface area contributed by atoms with E-state index in [4.69, 9.17) is 4.11 Å². The summed E-state index contributed by atoms with van der Waals surface area (Å²) in [6.07, 6.45) is 2.92. The van der Waals surface area contributed by atoms with E-state index in [0.717, 1.165) is 53.1 Å². The average molecular weight is 771 g/mol. The molecule has 0 aliphatic rings. The number of aryl methyl sites for hydroxylation is 1. The molecule has 0 N–H and O–H groups in total. The van der Waals surface area contributed by atoms with Gasteiger partial charge in [0.2, 0.25) is 0 Å². The summed E-state index contributed by atoms with van der Waals surface area (Å²) >= 11 is 1.54. The van der Waals surface area contributed by atoms with E-state index in [1.165, 1.54) is 6.20 Å². The van der Waals surface area contributed by atoms with Crippen molar-refractivity contribution in [1.29, 1.82) is 0 Å². The van der Waals surface area contributed by atoms with Gasteiger partial charge in [0, 0.05) is 61.0 Å². The van der Waals surface area contributed by atoms with Gasteiger partial charge in [-0.25, -0.2) is 4.98 Å². The van der Waals surface area contributed by atoms with Gasteiger partial charge in [0.25, 0.3) is 0 Å². The fourth-order valence-electron chi connectivity index (χ4n) is 5.53. The summed E-state index contributed by atoms with van der Waals surface area (Å²) in [5.74, 6) is 0. The standard InChI is InChI=1S/C28H23N2S.C11H8N.Ir/c1-16-15-30-25-19-9-6-5-8-17(19)18-11-12-20-21-10-7-13-29-27(21)31-26(20)24(18)23(25)22(16)14-28(2,3)4;1-2-6-10(7-3-1)11-8-4-5-9-12-11;/h5-8,10-13,15H,14H2,1-4H3;1-6,8-9H;/q2*-1;/i1D3,14D2;;. The van der Waals surface area contributed by atoms with Crippen LogP contribution in [0.2, 0.25) is 0 Å². The zero-order chi connectivity index (χ0) is 33.8. The van der Waals surface area contributed by atoms with Gasteiger partial charge in [-0.05, 0) is 69.9 Å². The number of hydrogen-bond acceptors (Lipinski definition) is 4. The quantitative estimate of drug-likeness (QED) is 0.130. The van der Waals surface area contributed by atoms with Crippen molar-refractivity contribution >= 4 is 64.1 Å². The van der Waals surface area contributed by atoms with E-state index in [9.17, 15) is 2.74 Å². The molecular formula is C39H31IrN3S-2. The first-order valence-corrected chi connectivity index (χ1v) is 14.9. The summed E-state index contributed by atoms with van der Waals surface area (Å²) in [5.41, 5.74) is 1.83. The molecule has 4 aromatic carbocycles. The normalized spacial score (nSPS) is 13.8. The molecule has 0 aliphatic heterocycles. The first-order valence-electron chi connectivity index (χ1n) is 16.6. The van der Waals surface area contributed by atoms with Crippen molar-refractivity contribution in [3.63, 3.8) is 0 Å². The molecule has 219 valence electrons. The van der Waals surface area contributed by atoms with Gasteiger partial charge in [0.15, 0.2) is 0 Å². The third-order valence-electron chi connectivity index (χ3n) is 7.28. The van der Waals surface area contributed by atoms with Gasteiger partial charge in [-0.3, -0.25) is 0 Å². The molecular weight excluding hydrogens is 735 g/mol. The van der Waals surface area contributed by atoms with Crippen LogP contribution in [-0.2, 0) is 26.5 Å². The second-order valence-corrected chi connectivity index (χ2v) is 12.4. The first-order chi connectivity index (χ1) is 22.9. The van der Waals surface area contributed by atoms with Gasteiger partial charge in [-0.1, -0.05) is 55.8 Å². The molecule has 8 aromatic rings. The maximum atomic E-state index is 9.29. The summed E-state index contributed by atoms with van der Waals surface area (Å²) in [6.45, 7) is 2.87. The Kier molecular flexibility index (Phi) is 6.72. The van der Waals surface area contributed by atoms with Gasteiger partial charge in [-0.2, -0.15) is 0 Å². The minimum atomic E-state index is -2.54. The Labute approximate surface area is 282 Å². The predicted molar refractivity (Wildman–Crippen MR) is 183 cm³/mol. The largest absolute Gasteiger partial charge is 0.305 e. The number of rotatable bonds is 2. The SMILES string of the molecule is [2H]C([2H])([2H])c1cnc2c3[c-]cccc3c3ccc4c5cccnc5sc4c3c2c1C([2H])([2H])C(C)(C)C.[Ir].[c-]1ccccc1-c1ccccn1. The molecule has 0 saturated carbocycles. The zero-order valence-electron chi connectivity index (χ0n) is 29.4. The molecule has 3 nitrogen and oxygen atoms in total. The van der Waals surface area contributed by atoms with Crippen LogP contribution in [0.4, 0.5) is 0 Å². The molecule has 0 aliphatic carbocycles. The monoisotopic (exact) mass is 771 g/mol. The maximum absolute atomic E-state index is 9.29. The molecule has 8 rings (SSSR count). The van der Waals surface area contributed by atoms with Crippen LogP contribution >= 0.6 is 11.3 Å². The Balaban J connectivity index is 0.000000270. The van der Waals surface area contributed by atoms with Crippen molar-refractivity contribution < 1.29 is 27.0 Å². The van der Waals surface area contributed by atoms with Crippen molar-refractivity contribution in [3.05, 3.63) is 127 Å². The van der Waals surface area contributed by atoms with Crippen LogP contribution in [0, 0.1) is 24.4 Å². The number of thiophene rings is 1. The Bertz CT molecular complexity index is 2420. The third kappa shape index (κ3) is 5.52. The summed E-state index contributed by atoms with van der Waals surface area (Å²) in [5, 5.41) is 6.02. The van der Waals surface area contributed by atoms with Crippen LogP contribution in [0.25, 0.3) is 64.0 Å². The van der Waals surface area contributed by atoms with Crippen LogP contribution < -0.4 is 0 Å². The second-order valence-electron chi connectivity index (χ2n) is 11.4. The smallest absolute Gasteiger partial charge is 0.124 e. The van der Waals surface area contributed by atoms with Crippen LogP contribution in [0.15, 0.2) is 104 Å². The average Bonchev–Trinajstić information content (AvgIpc) is 3.47. The van der Waals surface area contributed by atoms with Gasteiger partial charge in [0.05, 0.1) is 0 Å². The Morgan fingerprint density at radius 3 is 2.34 bits per heavy atom. The van der Waals surface area contributed by atoms with Crippen LogP contribution in [0.1, 0.15) is 38.8 Å². The molecule has 0 unspecified atom stereocenters. The molecule has 4 heterocycles. The Morgan fingerprint density at radius 2 is 1.57 bits per heavy atom. The number of nitrogens with zero attached hydrogens (tertiary/aromatic N) is 3. The summed E-state index contributed by atoms with van der Waals surface area (Å²) in [7, 11) is 0. The van der Waals surface area contributed by atoms with Crippen molar-refractivity contribution in [2.45, 2.75) is 34.0 Å². The summed E-state index contributed by atoms with van der Waals surface area (Å²) in [4.78, 5) is 14.3. The molecule has 0 fully saturated rings. The van der Waals surface area contributed by atoms with E-state index in [1.807, 2.05) is 78.9 Å². The molecule has 0 amide bonds. The molecule has 44 heavy (non-hydrogen) atoms. The Morgan fingerprint density at radius 1 is 0.773 bits per heavy atom. The van der Waals surface area contributed by atoms with Crippen LogP contribution in [0.3, 0.4) is 0 Å². The number of benzene rings is 4. The summed E-state index contributed by atoms with van der Waals surface area (Å²) in [6, 6.07) is 33.9. The topological polar surface area (TPSA) is 38.7 Å². The number of pyridine rings is 3. The fraction of sp³-hybridized carbons (Fsp3) is 0.154. The summed E-state index contributed by atoms with van der Waals surface area (Å²) < 4.78 is 44.5. The molecule has 0 saturated heterocycles. The van der Waals surface area contributed by atoms with Crippen molar-refractivity contribution in [1.82, 2.24) is 15.0 Å².